The SMILES string of the molecule is Clc1cc(-c2nccn2-c2ccccc2)cc(Br)c1Cl. The first-order chi connectivity index (χ1) is 9.66. The Morgan fingerprint density at radius 3 is 2.50 bits per heavy atom. The van der Waals surface area contributed by atoms with Crippen LogP contribution in [0.15, 0.2) is 59.3 Å². The molecule has 0 aliphatic rings. The van der Waals surface area contributed by atoms with E-state index in [2.05, 4.69) is 20.9 Å². The topological polar surface area (TPSA) is 17.8 Å². The normalized spacial score (nSPS) is 10.8. The lowest BCUT2D eigenvalue weighted by Crippen LogP contribution is -1.96. The molecular weight excluding hydrogens is 359 g/mol. The van der Waals surface area contributed by atoms with E-state index in [1.165, 1.54) is 0 Å². The standard InChI is InChI=1S/C15H9BrCl2N2/c16-12-8-10(9-13(17)14(12)18)15-19-6-7-20(15)11-4-2-1-3-5-11/h1-9H. The van der Waals surface area contributed by atoms with Gasteiger partial charge < -0.3 is 0 Å². The van der Waals surface area contributed by atoms with E-state index in [1.807, 2.05) is 53.2 Å². The maximum Gasteiger partial charge on any atom is 0.144 e. The Bertz CT molecular complexity index is 731. The Morgan fingerprint density at radius 1 is 1.05 bits per heavy atom. The van der Waals surface area contributed by atoms with Crippen LogP contribution >= 0.6 is 39.1 Å². The minimum atomic E-state index is 0.499. The predicted molar refractivity (Wildman–Crippen MR) is 86.7 cm³/mol. The highest BCUT2D eigenvalue weighted by Gasteiger charge is 2.12. The second kappa shape index (κ2) is 5.60. The molecule has 0 N–H and O–H groups in total. The van der Waals surface area contributed by atoms with Gasteiger partial charge in [-0.05, 0) is 40.2 Å². The van der Waals surface area contributed by atoms with E-state index in [0.717, 1.165) is 21.5 Å². The third-order valence-electron chi connectivity index (χ3n) is 2.92. The van der Waals surface area contributed by atoms with Crippen molar-refractivity contribution >= 4 is 39.1 Å². The molecular formula is C15H9BrCl2N2. The second-order valence-electron chi connectivity index (χ2n) is 4.21. The summed E-state index contributed by atoms with van der Waals surface area (Å²) in [4.78, 5) is 4.42. The molecule has 100 valence electrons. The summed E-state index contributed by atoms with van der Waals surface area (Å²) < 4.78 is 2.76. The molecule has 0 saturated heterocycles. The summed E-state index contributed by atoms with van der Waals surface area (Å²) in [5, 5.41) is 1.01. The van der Waals surface area contributed by atoms with Gasteiger partial charge in [0.15, 0.2) is 0 Å². The fraction of sp³-hybridized carbons (Fsp3) is 0. The van der Waals surface area contributed by atoms with Crippen LogP contribution in [0.1, 0.15) is 0 Å². The van der Waals surface area contributed by atoms with Crippen LogP contribution in [0.2, 0.25) is 10.0 Å². The van der Waals surface area contributed by atoms with Crippen molar-refractivity contribution in [1.82, 2.24) is 9.55 Å². The summed E-state index contributed by atoms with van der Waals surface area (Å²) in [6.45, 7) is 0. The first-order valence-electron chi connectivity index (χ1n) is 5.90. The number of hydrogen-bond donors (Lipinski definition) is 0. The molecule has 0 aliphatic carbocycles. The molecule has 0 aliphatic heterocycles. The number of hydrogen-bond acceptors (Lipinski definition) is 1. The van der Waals surface area contributed by atoms with Crippen molar-refractivity contribution in [2.45, 2.75) is 0 Å². The van der Waals surface area contributed by atoms with Crippen molar-refractivity contribution < 1.29 is 0 Å². The van der Waals surface area contributed by atoms with Crippen LogP contribution in [-0.4, -0.2) is 9.55 Å². The van der Waals surface area contributed by atoms with E-state index in [1.54, 1.807) is 6.20 Å². The summed E-state index contributed by atoms with van der Waals surface area (Å²) in [6.07, 6.45) is 3.68. The third-order valence-corrected chi connectivity index (χ3v) is 4.57. The minimum absolute atomic E-state index is 0.499. The van der Waals surface area contributed by atoms with Crippen molar-refractivity contribution in [3.05, 3.63) is 69.4 Å². The van der Waals surface area contributed by atoms with Crippen LogP contribution in [0.3, 0.4) is 0 Å². The first-order valence-corrected chi connectivity index (χ1v) is 7.45. The summed E-state index contributed by atoms with van der Waals surface area (Å²) in [5.41, 5.74) is 1.95. The number of benzene rings is 2. The highest BCUT2D eigenvalue weighted by Crippen LogP contribution is 2.35. The first kappa shape index (κ1) is 13.7. The van der Waals surface area contributed by atoms with E-state index in [9.17, 15) is 0 Å². The molecule has 0 unspecified atom stereocenters. The summed E-state index contributed by atoms with van der Waals surface area (Å²) >= 11 is 15.6. The lowest BCUT2D eigenvalue weighted by atomic mass is 10.2. The second-order valence-corrected chi connectivity index (χ2v) is 5.85. The van der Waals surface area contributed by atoms with E-state index in [0.29, 0.717) is 10.0 Å². The fourth-order valence-corrected chi connectivity index (χ4v) is 2.90. The van der Waals surface area contributed by atoms with E-state index in [4.69, 9.17) is 23.2 Å². The van der Waals surface area contributed by atoms with Crippen LogP contribution in [0.4, 0.5) is 0 Å². The van der Waals surface area contributed by atoms with Gasteiger partial charge in [0.05, 0.1) is 10.0 Å². The van der Waals surface area contributed by atoms with Crippen LogP contribution in [0, 0.1) is 0 Å². The van der Waals surface area contributed by atoms with Gasteiger partial charge >= 0.3 is 0 Å². The Kier molecular flexibility index (Phi) is 3.83. The number of nitrogens with zero attached hydrogens (tertiary/aromatic N) is 2. The Morgan fingerprint density at radius 2 is 1.80 bits per heavy atom. The molecule has 3 rings (SSSR count). The molecule has 5 heteroatoms. The Hall–Kier alpha value is -1.29. The van der Waals surface area contributed by atoms with Crippen molar-refractivity contribution in [2.75, 3.05) is 0 Å². The number of para-hydroxylation sites is 1. The molecule has 1 heterocycles. The molecule has 1 aromatic heterocycles. The fourth-order valence-electron chi connectivity index (χ4n) is 2.00. The number of aromatic nitrogens is 2. The highest BCUT2D eigenvalue weighted by atomic mass is 79.9. The Balaban J connectivity index is 2.15. The zero-order valence-corrected chi connectivity index (χ0v) is 13.3. The Labute approximate surface area is 135 Å². The third kappa shape index (κ3) is 2.49. The van der Waals surface area contributed by atoms with Crippen molar-refractivity contribution in [3.8, 4) is 17.1 Å². The largest absolute Gasteiger partial charge is 0.300 e. The van der Waals surface area contributed by atoms with Gasteiger partial charge in [-0.1, -0.05) is 41.4 Å². The monoisotopic (exact) mass is 366 g/mol. The van der Waals surface area contributed by atoms with Gasteiger partial charge in [-0.15, -0.1) is 0 Å². The molecule has 0 radical (unpaired) electrons. The molecule has 0 bridgehead atoms. The van der Waals surface area contributed by atoms with E-state index in [-0.39, 0.29) is 0 Å². The maximum atomic E-state index is 6.14. The van der Waals surface area contributed by atoms with Crippen LogP contribution in [0.5, 0.6) is 0 Å². The highest BCUT2D eigenvalue weighted by molar-refractivity contribution is 9.10. The zero-order valence-electron chi connectivity index (χ0n) is 10.2. The number of imidazole rings is 1. The average Bonchev–Trinajstić information content (AvgIpc) is 2.94. The summed E-state index contributed by atoms with van der Waals surface area (Å²) in [7, 11) is 0. The molecule has 2 nitrogen and oxygen atoms in total. The molecule has 0 saturated carbocycles. The quantitative estimate of drug-likeness (QED) is 0.538. The zero-order chi connectivity index (χ0) is 14.1. The van der Waals surface area contributed by atoms with E-state index < -0.39 is 0 Å². The van der Waals surface area contributed by atoms with Crippen LogP contribution in [0.25, 0.3) is 17.1 Å². The summed E-state index contributed by atoms with van der Waals surface area (Å²) in [5.74, 6) is 0.815. The van der Waals surface area contributed by atoms with Gasteiger partial charge in [-0.2, -0.15) is 0 Å². The van der Waals surface area contributed by atoms with Gasteiger partial charge in [0.1, 0.15) is 5.82 Å². The van der Waals surface area contributed by atoms with Gasteiger partial charge in [-0.3, -0.25) is 4.57 Å². The average molecular weight is 368 g/mol. The number of rotatable bonds is 2. The van der Waals surface area contributed by atoms with Crippen molar-refractivity contribution in [3.63, 3.8) is 0 Å². The van der Waals surface area contributed by atoms with Crippen molar-refractivity contribution in [2.24, 2.45) is 0 Å². The van der Waals surface area contributed by atoms with Crippen LogP contribution < -0.4 is 0 Å². The van der Waals surface area contributed by atoms with Gasteiger partial charge in [-0.25, -0.2) is 4.98 Å². The molecule has 20 heavy (non-hydrogen) atoms. The summed E-state index contributed by atoms with van der Waals surface area (Å²) in [6, 6.07) is 13.7. The van der Waals surface area contributed by atoms with E-state index >= 15 is 0 Å². The molecule has 0 fully saturated rings. The smallest absolute Gasteiger partial charge is 0.144 e. The minimum Gasteiger partial charge on any atom is -0.300 e. The molecule has 0 atom stereocenters. The number of halogens is 3. The lowest BCUT2D eigenvalue weighted by molar-refractivity contribution is 1.07. The van der Waals surface area contributed by atoms with Gasteiger partial charge in [0.2, 0.25) is 0 Å². The maximum absolute atomic E-state index is 6.14. The van der Waals surface area contributed by atoms with Gasteiger partial charge in [0, 0.05) is 28.1 Å². The molecule has 2 aromatic carbocycles. The predicted octanol–water partition coefficient (Wildman–Crippen LogP) is 5.61. The molecule has 0 spiro atoms. The molecule has 0 amide bonds. The molecule has 3 aromatic rings. The van der Waals surface area contributed by atoms with Crippen LogP contribution in [-0.2, 0) is 0 Å². The van der Waals surface area contributed by atoms with Crippen molar-refractivity contribution in [1.29, 1.82) is 0 Å². The lowest BCUT2D eigenvalue weighted by Gasteiger charge is -2.09. The van der Waals surface area contributed by atoms with Gasteiger partial charge in [0.25, 0.3) is 0 Å².